The largest absolute Gasteiger partial charge is 0.500 e. The van der Waals surface area contributed by atoms with E-state index in [1.165, 1.54) is 96.3 Å². The molecule has 0 aliphatic rings. The van der Waals surface area contributed by atoms with Crippen LogP contribution >= 0.6 is 0 Å². The van der Waals surface area contributed by atoms with Crippen molar-refractivity contribution in [1.29, 1.82) is 0 Å². The van der Waals surface area contributed by atoms with Crippen molar-refractivity contribution in [3.63, 3.8) is 0 Å². The van der Waals surface area contributed by atoms with Gasteiger partial charge in [-0.2, -0.15) is 0 Å². The Morgan fingerprint density at radius 3 is 1.03 bits per heavy atom. The molecule has 31 heavy (non-hydrogen) atoms. The van der Waals surface area contributed by atoms with Gasteiger partial charge in [-0.3, -0.25) is 0 Å². The fourth-order valence-corrected chi connectivity index (χ4v) is 6.37. The summed E-state index contributed by atoms with van der Waals surface area (Å²) in [5.74, 6) is 0. The van der Waals surface area contributed by atoms with Gasteiger partial charge in [0.2, 0.25) is 0 Å². The van der Waals surface area contributed by atoms with Crippen molar-refractivity contribution in [2.45, 2.75) is 149 Å². The Labute approximate surface area is 197 Å². The SMILES string of the molecule is [CH2]CC[Si](OCCCCCCCC)(OCCCCCCCC)OCCCCCCCC. The molecule has 0 unspecified atom stereocenters. The summed E-state index contributed by atoms with van der Waals surface area (Å²) in [6.07, 6.45) is 23.9. The number of hydrogen-bond acceptors (Lipinski definition) is 3. The lowest BCUT2D eigenvalue weighted by atomic mass is 10.1. The smallest absolute Gasteiger partial charge is 0.373 e. The minimum atomic E-state index is -2.58. The Morgan fingerprint density at radius 1 is 0.452 bits per heavy atom. The van der Waals surface area contributed by atoms with E-state index >= 15 is 0 Å². The van der Waals surface area contributed by atoms with Gasteiger partial charge in [0.25, 0.3) is 0 Å². The van der Waals surface area contributed by atoms with Crippen molar-refractivity contribution in [2.24, 2.45) is 0 Å². The Hall–Kier alpha value is 0.0969. The predicted molar refractivity (Wildman–Crippen MR) is 139 cm³/mol. The second kappa shape index (κ2) is 24.7. The highest BCUT2D eigenvalue weighted by Crippen LogP contribution is 2.21. The summed E-state index contributed by atoms with van der Waals surface area (Å²) in [4.78, 5) is 0. The third-order valence-corrected chi connectivity index (χ3v) is 8.84. The molecule has 0 heterocycles. The highest BCUT2D eigenvalue weighted by atomic mass is 28.4. The molecule has 0 aromatic rings. The maximum absolute atomic E-state index is 6.42. The van der Waals surface area contributed by atoms with Gasteiger partial charge < -0.3 is 13.3 Å². The van der Waals surface area contributed by atoms with E-state index in [1.807, 2.05) is 0 Å². The Bertz CT molecular complexity index is 293. The molecule has 0 rings (SSSR count). The van der Waals surface area contributed by atoms with Crippen molar-refractivity contribution < 1.29 is 13.3 Å². The van der Waals surface area contributed by atoms with E-state index < -0.39 is 8.80 Å². The first kappa shape index (κ1) is 31.1. The van der Waals surface area contributed by atoms with Crippen molar-refractivity contribution in [3.05, 3.63) is 6.92 Å². The van der Waals surface area contributed by atoms with Crippen LogP contribution in [-0.4, -0.2) is 28.6 Å². The van der Waals surface area contributed by atoms with E-state index in [-0.39, 0.29) is 0 Å². The monoisotopic (exact) mass is 457 g/mol. The van der Waals surface area contributed by atoms with Crippen molar-refractivity contribution in [3.8, 4) is 0 Å². The van der Waals surface area contributed by atoms with Gasteiger partial charge in [-0.25, -0.2) is 0 Å². The molecule has 0 atom stereocenters. The second-order valence-corrected chi connectivity index (χ2v) is 11.9. The summed E-state index contributed by atoms with van der Waals surface area (Å²) in [7, 11) is -2.58. The van der Waals surface area contributed by atoms with Crippen molar-refractivity contribution in [1.82, 2.24) is 0 Å². The van der Waals surface area contributed by atoms with Gasteiger partial charge in [-0.15, -0.1) is 0 Å². The van der Waals surface area contributed by atoms with Gasteiger partial charge in [-0.05, 0) is 25.7 Å². The second-order valence-electron chi connectivity index (χ2n) is 9.14. The Kier molecular flexibility index (Phi) is 24.8. The normalized spacial score (nSPS) is 12.0. The van der Waals surface area contributed by atoms with Gasteiger partial charge in [0.05, 0.1) is 0 Å². The average Bonchev–Trinajstić information content (AvgIpc) is 2.77. The topological polar surface area (TPSA) is 27.7 Å². The van der Waals surface area contributed by atoms with Gasteiger partial charge in [-0.1, -0.05) is 124 Å². The predicted octanol–water partition coefficient (Wildman–Crippen LogP) is 9.28. The lowest BCUT2D eigenvalue weighted by Crippen LogP contribution is -2.46. The lowest BCUT2D eigenvalue weighted by molar-refractivity contribution is 0.0554. The maximum Gasteiger partial charge on any atom is 0.500 e. The zero-order chi connectivity index (χ0) is 22.9. The first-order chi connectivity index (χ1) is 15.2. The summed E-state index contributed by atoms with van der Waals surface area (Å²) in [5.41, 5.74) is 0. The van der Waals surface area contributed by atoms with E-state index in [2.05, 4.69) is 27.7 Å². The van der Waals surface area contributed by atoms with E-state index in [4.69, 9.17) is 13.3 Å². The zero-order valence-electron chi connectivity index (χ0n) is 21.7. The van der Waals surface area contributed by atoms with E-state index in [0.717, 1.165) is 51.5 Å². The zero-order valence-corrected chi connectivity index (χ0v) is 22.7. The summed E-state index contributed by atoms with van der Waals surface area (Å²) < 4.78 is 19.3. The molecule has 0 spiro atoms. The standard InChI is InChI=1S/C27H57O3Si/c1-5-9-12-15-18-21-24-28-31(27-8-4,29-25-22-19-16-13-10-6-2)30-26-23-20-17-14-11-7-3/h4-27H2,1-3H3. The van der Waals surface area contributed by atoms with Gasteiger partial charge in [0.15, 0.2) is 0 Å². The number of unbranched alkanes of at least 4 members (excludes halogenated alkanes) is 15. The molecule has 0 bridgehead atoms. The molecule has 0 aliphatic carbocycles. The minimum absolute atomic E-state index is 0.783. The third kappa shape index (κ3) is 20.4. The van der Waals surface area contributed by atoms with Crippen molar-refractivity contribution in [2.75, 3.05) is 19.8 Å². The fraction of sp³-hybridized carbons (Fsp3) is 0.963. The van der Waals surface area contributed by atoms with E-state index in [1.54, 1.807) is 0 Å². The molecular weight excluding hydrogens is 400 g/mol. The Balaban J connectivity index is 4.39. The third-order valence-electron chi connectivity index (χ3n) is 5.94. The molecule has 1 radical (unpaired) electrons. The molecule has 0 aromatic carbocycles. The van der Waals surface area contributed by atoms with E-state index in [9.17, 15) is 0 Å². The van der Waals surface area contributed by atoms with Crippen LogP contribution in [0, 0.1) is 6.92 Å². The Morgan fingerprint density at radius 2 is 0.742 bits per heavy atom. The van der Waals surface area contributed by atoms with Crippen LogP contribution in [0.2, 0.25) is 6.04 Å². The number of hydrogen-bond donors (Lipinski definition) is 0. The summed E-state index contributed by atoms with van der Waals surface area (Å²) in [6.45, 7) is 13.3. The molecule has 0 aromatic heterocycles. The number of rotatable bonds is 26. The van der Waals surface area contributed by atoms with Crippen LogP contribution in [0.4, 0.5) is 0 Å². The molecule has 4 heteroatoms. The van der Waals surface area contributed by atoms with E-state index in [0.29, 0.717) is 0 Å². The fourth-order valence-electron chi connectivity index (χ4n) is 3.89. The molecule has 0 amide bonds. The van der Waals surface area contributed by atoms with Gasteiger partial charge in [0.1, 0.15) is 0 Å². The minimum Gasteiger partial charge on any atom is -0.373 e. The van der Waals surface area contributed by atoms with Crippen LogP contribution in [0.5, 0.6) is 0 Å². The van der Waals surface area contributed by atoms with Crippen LogP contribution in [0.1, 0.15) is 143 Å². The first-order valence-corrected chi connectivity index (χ1v) is 15.9. The van der Waals surface area contributed by atoms with Crippen LogP contribution < -0.4 is 0 Å². The van der Waals surface area contributed by atoms with Crippen LogP contribution in [0.3, 0.4) is 0 Å². The van der Waals surface area contributed by atoms with Crippen LogP contribution in [0.25, 0.3) is 0 Å². The van der Waals surface area contributed by atoms with Crippen LogP contribution in [0.15, 0.2) is 0 Å². The molecule has 0 saturated carbocycles. The summed E-state index contributed by atoms with van der Waals surface area (Å²) in [5, 5.41) is 0. The average molecular weight is 458 g/mol. The van der Waals surface area contributed by atoms with Gasteiger partial charge in [0, 0.05) is 25.9 Å². The molecule has 0 saturated heterocycles. The highest BCUT2D eigenvalue weighted by molar-refractivity contribution is 6.60. The molecule has 3 nitrogen and oxygen atoms in total. The quantitative estimate of drug-likeness (QED) is 0.0956. The lowest BCUT2D eigenvalue weighted by Gasteiger charge is -2.30. The van der Waals surface area contributed by atoms with Crippen molar-refractivity contribution >= 4 is 8.80 Å². The molecule has 0 fully saturated rings. The highest BCUT2D eigenvalue weighted by Gasteiger charge is 2.40. The van der Waals surface area contributed by atoms with Crippen LogP contribution in [-0.2, 0) is 13.3 Å². The molecule has 0 aliphatic heterocycles. The summed E-state index contributed by atoms with van der Waals surface area (Å²) >= 11 is 0. The van der Waals surface area contributed by atoms with Gasteiger partial charge >= 0.3 is 8.80 Å². The first-order valence-electron chi connectivity index (χ1n) is 14.0. The maximum atomic E-state index is 6.42. The molecule has 187 valence electrons. The molecular formula is C27H57O3Si. The molecule has 0 N–H and O–H groups in total. The summed E-state index contributed by atoms with van der Waals surface area (Å²) in [6, 6.07) is 0.856.